The van der Waals surface area contributed by atoms with Crippen molar-refractivity contribution in [1.82, 2.24) is 4.90 Å². The number of thiol groups is 1. The largest absolute Gasteiger partial charge is 0.384 e. The Hall–Kier alpha value is -2.42. The molecule has 0 bridgehead atoms. The summed E-state index contributed by atoms with van der Waals surface area (Å²) < 4.78 is 1.18. The number of hydrogen-bond donors (Lipinski definition) is 4. The van der Waals surface area contributed by atoms with Crippen molar-refractivity contribution in [2.45, 2.75) is 13.3 Å². The van der Waals surface area contributed by atoms with Gasteiger partial charge in [0.15, 0.2) is 0 Å². The highest BCUT2D eigenvalue weighted by molar-refractivity contribution is 7.82. The maximum Gasteiger partial charge on any atom is 0.336 e. The third-order valence-corrected chi connectivity index (χ3v) is 4.67. The monoisotopic (exact) mass is 435 g/mol. The average Bonchev–Trinajstić information content (AvgIpc) is 2.66. The van der Waals surface area contributed by atoms with Crippen LogP contribution in [0.1, 0.15) is 13.3 Å². The number of carbonyl (C=O) groups is 2. The lowest BCUT2D eigenvalue weighted by Gasteiger charge is -2.18. The molecule has 3 N–H and O–H groups in total. The molecule has 0 saturated carbocycles. The van der Waals surface area contributed by atoms with E-state index in [0.29, 0.717) is 22.1 Å². The van der Waals surface area contributed by atoms with Crippen LogP contribution in [-0.2, 0) is 4.79 Å². The van der Waals surface area contributed by atoms with Crippen molar-refractivity contribution in [3.05, 3.63) is 47.5 Å². The zero-order chi connectivity index (χ0) is 21.4. The third-order valence-electron chi connectivity index (χ3n) is 3.94. The molecule has 9 heteroatoms. The number of carbonyl (C=O) groups excluding carboxylic acids is 2. The highest BCUT2D eigenvalue weighted by atomic mass is 35.5. The number of halogens is 1. The summed E-state index contributed by atoms with van der Waals surface area (Å²) in [5.74, 6) is -0.161. The van der Waals surface area contributed by atoms with Crippen molar-refractivity contribution in [1.29, 1.82) is 0 Å². The number of hydrogen-bond acceptors (Lipinski definition) is 5. The Balaban J connectivity index is 1.93. The summed E-state index contributed by atoms with van der Waals surface area (Å²) in [6.07, 6.45) is 0.997. The molecule has 0 aliphatic carbocycles. The first-order chi connectivity index (χ1) is 13.8. The van der Waals surface area contributed by atoms with Crippen LogP contribution in [-0.4, -0.2) is 44.0 Å². The van der Waals surface area contributed by atoms with E-state index in [1.54, 1.807) is 36.4 Å². The lowest BCUT2D eigenvalue weighted by molar-refractivity contribution is -0.114. The average molecular weight is 436 g/mol. The fourth-order valence-electron chi connectivity index (χ4n) is 2.54. The quantitative estimate of drug-likeness (QED) is 0.362. The van der Waals surface area contributed by atoms with Gasteiger partial charge in [-0.25, -0.2) is 9.10 Å². The molecule has 156 valence electrons. The van der Waals surface area contributed by atoms with Gasteiger partial charge in [0, 0.05) is 24.8 Å². The Morgan fingerprint density at radius 3 is 2.28 bits per heavy atom. The second-order valence-corrected chi connectivity index (χ2v) is 7.56. The van der Waals surface area contributed by atoms with E-state index >= 15 is 0 Å². The van der Waals surface area contributed by atoms with Crippen LogP contribution in [0.3, 0.4) is 0 Å². The number of nitrogens with one attached hydrogen (secondary N) is 3. The van der Waals surface area contributed by atoms with Crippen molar-refractivity contribution >= 4 is 59.1 Å². The molecule has 0 spiro atoms. The minimum atomic E-state index is -0.427. The molecule has 0 aliphatic rings. The summed E-state index contributed by atoms with van der Waals surface area (Å²) >= 11 is 10.6. The smallest absolute Gasteiger partial charge is 0.336 e. The second-order valence-electron chi connectivity index (χ2n) is 6.75. The normalized spacial score (nSPS) is 10.6. The van der Waals surface area contributed by atoms with Gasteiger partial charge >= 0.3 is 6.03 Å². The van der Waals surface area contributed by atoms with Crippen LogP contribution in [0.15, 0.2) is 42.5 Å². The Labute approximate surface area is 181 Å². The molecule has 2 rings (SSSR count). The summed E-state index contributed by atoms with van der Waals surface area (Å²) in [5, 5.41) is 9.24. The van der Waals surface area contributed by atoms with Gasteiger partial charge in [0.2, 0.25) is 5.91 Å². The molecule has 7 nitrogen and oxygen atoms in total. The fourth-order valence-corrected chi connectivity index (χ4v) is 2.97. The molecule has 0 saturated heterocycles. The van der Waals surface area contributed by atoms with Gasteiger partial charge in [-0.1, -0.05) is 24.4 Å². The summed E-state index contributed by atoms with van der Waals surface area (Å²) in [4.78, 5) is 25.7. The number of amides is 3. The summed E-state index contributed by atoms with van der Waals surface area (Å²) in [6, 6.07) is 11.6. The van der Waals surface area contributed by atoms with Crippen molar-refractivity contribution in [3.8, 4) is 0 Å². The predicted octanol–water partition coefficient (Wildman–Crippen LogP) is 4.55. The minimum absolute atomic E-state index is 0.161. The van der Waals surface area contributed by atoms with Crippen molar-refractivity contribution in [2.75, 3.05) is 47.4 Å². The summed E-state index contributed by atoms with van der Waals surface area (Å²) in [6.45, 7) is 3.23. The Kier molecular flexibility index (Phi) is 8.63. The molecule has 2 aromatic carbocycles. The summed E-state index contributed by atoms with van der Waals surface area (Å²) in [7, 11) is 4.07. The zero-order valence-electron chi connectivity index (χ0n) is 16.7. The molecule has 0 aliphatic heterocycles. The number of anilines is 4. The molecule has 0 fully saturated rings. The van der Waals surface area contributed by atoms with Crippen molar-refractivity contribution in [2.24, 2.45) is 0 Å². The van der Waals surface area contributed by atoms with Gasteiger partial charge < -0.3 is 20.9 Å². The molecular formula is C20H26ClN5O2S. The van der Waals surface area contributed by atoms with Crippen molar-refractivity contribution < 1.29 is 9.59 Å². The van der Waals surface area contributed by atoms with E-state index in [1.165, 1.54) is 11.2 Å². The standard InChI is InChI=1S/C20H26ClN5O2S/c1-14(27)23-15-5-8-17(9-6-15)26(29)20(28)24-16-7-10-19(18(21)13-16)22-11-4-12-25(2)3/h5-10,13,22,29H,4,11-12H2,1-3H3,(H,23,27)(H,24,28). The van der Waals surface area contributed by atoms with Crippen LogP contribution in [0.5, 0.6) is 0 Å². The van der Waals surface area contributed by atoms with Crippen LogP contribution in [0.25, 0.3) is 0 Å². The van der Waals surface area contributed by atoms with Crippen LogP contribution in [0, 0.1) is 0 Å². The van der Waals surface area contributed by atoms with Gasteiger partial charge in [0.25, 0.3) is 0 Å². The van der Waals surface area contributed by atoms with E-state index < -0.39 is 6.03 Å². The third kappa shape index (κ3) is 7.49. The number of benzene rings is 2. The Bertz CT molecular complexity index is 845. The Morgan fingerprint density at radius 2 is 1.69 bits per heavy atom. The fraction of sp³-hybridized carbons (Fsp3) is 0.300. The van der Waals surface area contributed by atoms with E-state index in [-0.39, 0.29) is 5.91 Å². The van der Waals surface area contributed by atoms with Gasteiger partial charge in [-0.15, -0.1) is 0 Å². The number of rotatable bonds is 8. The number of nitrogens with zero attached hydrogens (tertiary/aromatic N) is 2. The molecule has 29 heavy (non-hydrogen) atoms. The van der Waals surface area contributed by atoms with Crippen LogP contribution < -0.4 is 20.3 Å². The highest BCUT2D eigenvalue weighted by Gasteiger charge is 2.13. The molecule has 0 heterocycles. The number of urea groups is 1. The maximum atomic E-state index is 12.5. The molecule has 0 unspecified atom stereocenters. The predicted molar refractivity (Wildman–Crippen MR) is 124 cm³/mol. The molecule has 2 aromatic rings. The van der Waals surface area contributed by atoms with E-state index in [9.17, 15) is 9.59 Å². The maximum absolute atomic E-state index is 12.5. The van der Waals surface area contributed by atoms with E-state index in [2.05, 4.69) is 33.7 Å². The van der Waals surface area contributed by atoms with Gasteiger partial charge in [-0.3, -0.25) is 4.79 Å². The van der Waals surface area contributed by atoms with Crippen LogP contribution >= 0.6 is 24.4 Å². The lowest BCUT2D eigenvalue weighted by Crippen LogP contribution is -2.26. The molecule has 3 amide bonds. The van der Waals surface area contributed by atoms with Gasteiger partial charge in [-0.2, -0.15) is 0 Å². The zero-order valence-corrected chi connectivity index (χ0v) is 18.3. The Morgan fingerprint density at radius 1 is 1.03 bits per heavy atom. The molecule has 0 aromatic heterocycles. The highest BCUT2D eigenvalue weighted by Crippen LogP contribution is 2.26. The van der Waals surface area contributed by atoms with Gasteiger partial charge in [0.1, 0.15) is 0 Å². The topological polar surface area (TPSA) is 76.7 Å². The lowest BCUT2D eigenvalue weighted by atomic mass is 10.2. The molecule has 0 atom stereocenters. The molecule has 0 radical (unpaired) electrons. The first kappa shape index (κ1) is 22.9. The van der Waals surface area contributed by atoms with Crippen molar-refractivity contribution in [3.63, 3.8) is 0 Å². The van der Waals surface area contributed by atoms with Crippen LogP contribution in [0.2, 0.25) is 5.02 Å². The molecular weight excluding hydrogens is 410 g/mol. The van der Waals surface area contributed by atoms with Gasteiger partial charge in [-0.05, 0) is 69.5 Å². The van der Waals surface area contributed by atoms with E-state index in [0.717, 1.165) is 25.2 Å². The first-order valence-electron chi connectivity index (χ1n) is 9.12. The second kappa shape index (κ2) is 10.9. The first-order valence-corrected chi connectivity index (χ1v) is 9.90. The minimum Gasteiger partial charge on any atom is -0.384 e. The van der Waals surface area contributed by atoms with Crippen LogP contribution in [0.4, 0.5) is 27.5 Å². The summed E-state index contributed by atoms with van der Waals surface area (Å²) in [5.41, 5.74) is 2.58. The SMILES string of the molecule is CC(=O)Nc1ccc(N(S)C(=O)Nc2ccc(NCCCN(C)C)c(Cl)c2)cc1. The van der Waals surface area contributed by atoms with E-state index in [4.69, 9.17) is 11.6 Å². The van der Waals surface area contributed by atoms with E-state index in [1.807, 2.05) is 20.2 Å². The van der Waals surface area contributed by atoms with Gasteiger partial charge in [0.05, 0.1) is 16.4 Å².